The van der Waals surface area contributed by atoms with Crippen LogP contribution in [0.1, 0.15) is 38.5 Å². The van der Waals surface area contributed by atoms with Gasteiger partial charge in [-0.1, -0.05) is 25.3 Å². The Hall–Kier alpha value is -1.36. The van der Waals surface area contributed by atoms with Crippen LogP contribution in [0.25, 0.3) is 0 Å². The highest BCUT2D eigenvalue weighted by molar-refractivity contribution is 5.87. The molecule has 1 N–H and O–H groups in total. The Balaban J connectivity index is 1.81. The SMILES string of the molecule is O=C(O)CC1CN(C(=O)/C=C/C2CCCCC2)CCO1. The van der Waals surface area contributed by atoms with Crippen molar-refractivity contribution in [3.63, 3.8) is 0 Å². The summed E-state index contributed by atoms with van der Waals surface area (Å²) in [4.78, 5) is 24.5. The fourth-order valence-corrected chi connectivity index (χ4v) is 2.89. The first kappa shape index (κ1) is 15.0. The summed E-state index contributed by atoms with van der Waals surface area (Å²) in [7, 11) is 0. The molecule has 1 saturated carbocycles. The van der Waals surface area contributed by atoms with Crippen molar-refractivity contribution in [3.8, 4) is 0 Å². The Labute approximate surface area is 119 Å². The highest BCUT2D eigenvalue weighted by Crippen LogP contribution is 2.24. The number of rotatable bonds is 4. The molecule has 2 fully saturated rings. The monoisotopic (exact) mass is 281 g/mol. The second-order valence-electron chi connectivity index (χ2n) is 5.63. The predicted molar refractivity (Wildman–Crippen MR) is 74.3 cm³/mol. The number of allylic oxidation sites excluding steroid dienone is 1. The molecule has 0 bridgehead atoms. The summed E-state index contributed by atoms with van der Waals surface area (Å²) >= 11 is 0. The second kappa shape index (κ2) is 7.43. The minimum atomic E-state index is -0.887. The van der Waals surface area contributed by atoms with Gasteiger partial charge in [0.2, 0.25) is 5.91 Å². The quantitative estimate of drug-likeness (QED) is 0.798. The zero-order valence-corrected chi connectivity index (χ0v) is 11.8. The third kappa shape index (κ3) is 4.63. The second-order valence-corrected chi connectivity index (χ2v) is 5.63. The molecule has 0 aromatic carbocycles. The van der Waals surface area contributed by atoms with E-state index in [2.05, 4.69) is 0 Å². The molecule has 2 aliphatic rings. The van der Waals surface area contributed by atoms with Gasteiger partial charge in [-0.05, 0) is 24.8 Å². The number of morpholine rings is 1. The molecule has 1 heterocycles. The Morgan fingerprint density at radius 3 is 2.70 bits per heavy atom. The highest BCUT2D eigenvalue weighted by Gasteiger charge is 2.25. The van der Waals surface area contributed by atoms with E-state index in [1.807, 2.05) is 6.08 Å². The van der Waals surface area contributed by atoms with E-state index >= 15 is 0 Å². The zero-order valence-electron chi connectivity index (χ0n) is 11.8. The number of carbonyl (C=O) groups is 2. The maximum Gasteiger partial charge on any atom is 0.306 e. The molecule has 5 nitrogen and oxygen atoms in total. The number of hydrogen-bond donors (Lipinski definition) is 1. The van der Waals surface area contributed by atoms with Gasteiger partial charge in [0, 0.05) is 13.1 Å². The number of carboxylic acid groups (broad SMARTS) is 1. The first-order valence-electron chi connectivity index (χ1n) is 7.45. The standard InChI is InChI=1S/C15H23NO4/c17-14(7-6-12-4-2-1-3-5-12)16-8-9-20-13(11-16)10-15(18)19/h6-7,12-13H,1-5,8-11H2,(H,18,19)/b7-6+. The molecular weight excluding hydrogens is 258 g/mol. The van der Waals surface area contributed by atoms with Crippen LogP contribution < -0.4 is 0 Å². The average molecular weight is 281 g/mol. The van der Waals surface area contributed by atoms with Crippen LogP contribution in [0, 0.1) is 5.92 Å². The van der Waals surface area contributed by atoms with Crippen molar-refractivity contribution in [1.82, 2.24) is 4.90 Å². The third-order valence-corrected chi connectivity index (χ3v) is 4.01. The fraction of sp³-hybridized carbons (Fsp3) is 0.733. The Bertz CT molecular complexity index is 374. The van der Waals surface area contributed by atoms with Crippen LogP contribution in [0.3, 0.4) is 0 Å². The summed E-state index contributed by atoms with van der Waals surface area (Å²) in [5.41, 5.74) is 0. The molecule has 1 saturated heterocycles. The van der Waals surface area contributed by atoms with Gasteiger partial charge in [-0.25, -0.2) is 0 Å². The van der Waals surface area contributed by atoms with Gasteiger partial charge in [-0.3, -0.25) is 9.59 Å². The van der Waals surface area contributed by atoms with E-state index in [0.29, 0.717) is 25.6 Å². The number of amides is 1. The number of carbonyl (C=O) groups excluding carboxylic acids is 1. The van der Waals surface area contributed by atoms with Gasteiger partial charge >= 0.3 is 5.97 Å². The van der Waals surface area contributed by atoms with Gasteiger partial charge in [0.05, 0.1) is 19.1 Å². The maximum absolute atomic E-state index is 12.1. The lowest BCUT2D eigenvalue weighted by Gasteiger charge is -2.31. The van der Waals surface area contributed by atoms with Crippen LogP contribution in [0.5, 0.6) is 0 Å². The minimum Gasteiger partial charge on any atom is -0.481 e. The maximum atomic E-state index is 12.1. The molecule has 1 aliphatic heterocycles. The van der Waals surface area contributed by atoms with Gasteiger partial charge in [0.15, 0.2) is 0 Å². The smallest absolute Gasteiger partial charge is 0.306 e. The molecule has 0 aromatic rings. The molecule has 1 atom stereocenters. The summed E-state index contributed by atoms with van der Waals surface area (Å²) < 4.78 is 5.36. The van der Waals surface area contributed by atoms with Gasteiger partial charge in [0.1, 0.15) is 0 Å². The van der Waals surface area contributed by atoms with Crippen LogP contribution >= 0.6 is 0 Å². The molecule has 1 aliphatic carbocycles. The summed E-state index contributed by atoms with van der Waals surface area (Å²) in [5, 5.41) is 8.77. The fourth-order valence-electron chi connectivity index (χ4n) is 2.89. The van der Waals surface area contributed by atoms with E-state index in [0.717, 1.165) is 0 Å². The van der Waals surface area contributed by atoms with E-state index in [1.54, 1.807) is 11.0 Å². The summed E-state index contributed by atoms with van der Waals surface area (Å²) in [6, 6.07) is 0. The molecule has 0 spiro atoms. The van der Waals surface area contributed by atoms with E-state index in [-0.39, 0.29) is 18.4 Å². The number of hydrogen-bond acceptors (Lipinski definition) is 3. The van der Waals surface area contributed by atoms with Gasteiger partial charge < -0.3 is 14.7 Å². The van der Waals surface area contributed by atoms with Gasteiger partial charge in [-0.2, -0.15) is 0 Å². The Morgan fingerprint density at radius 2 is 2.00 bits per heavy atom. The van der Waals surface area contributed by atoms with Crippen molar-refractivity contribution in [1.29, 1.82) is 0 Å². The van der Waals surface area contributed by atoms with Crippen LogP contribution in [-0.4, -0.2) is 47.7 Å². The number of aliphatic carboxylic acids is 1. The predicted octanol–water partition coefficient (Wildman–Crippen LogP) is 1.83. The number of carboxylic acids is 1. The van der Waals surface area contributed by atoms with Crippen molar-refractivity contribution >= 4 is 11.9 Å². The molecule has 5 heteroatoms. The normalized spacial score (nSPS) is 25.0. The molecule has 0 radical (unpaired) electrons. The molecule has 20 heavy (non-hydrogen) atoms. The van der Waals surface area contributed by atoms with Crippen LogP contribution in [0.2, 0.25) is 0 Å². The van der Waals surface area contributed by atoms with E-state index in [4.69, 9.17) is 9.84 Å². The molecule has 0 aromatic heterocycles. The van der Waals surface area contributed by atoms with E-state index in [9.17, 15) is 9.59 Å². The largest absolute Gasteiger partial charge is 0.481 e. The first-order valence-corrected chi connectivity index (χ1v) is 7.45. The molecule has 1 amide bonds. The number of ether oxygens (including phenoxy) is 1. The van der Waals surface area contributed by atoms with Crippen molar-refractivity contribution in [2.45, 2.75) is 44.6 Å². The molecule has 112 valence electrons. The van der Waals surface area contributed by atoms with E-state index in [1.165, 1.54) is 32.1 Å². The van der Waals surface area contributed by atoms with Crippen LogP contribution in [0.4, 0.5) is 0 Å². The highest BCUT2D eigenvalue weighted by atomic mass is 16.5. The minimum absolute atomic E-state index is 0.0192. The molecule has 1 unspecified atom stereocenters. The Kier molecular flexibility index (Phi) is 5.59. The van der Waals surface area contributed by atoms with Crippen LogP contribution in [0.15, 0.2) is 12.2 Å². The topological polar surface area (TPSA) is 66.8 Å². The molecule has 2 rings (SSSR count). The number of nitrogens with zero attached hydrogens (tertiary/aromatic N) is 1. The zero-order chi connectivity index (χ0) is 14.4. The Morgan fingerprint density at radius 1 is 1.25 bits per heavy atom. The van der Waals surface area contributed by atoms with Crippen LogP contribution in [-0.2, 0) is 14.3 Å². The summed E-state index contributed by atoms with van der Waals surface area (Å²) in [6.07, 6.45) is 9.43. The molecular formula is C15H23NO4. The van der Waals surface area contributed by atoms with Crippen molar-refractivity contribution in [3.05, 3.63) is 12.2 Å². The van der Waals surface area contributed by atoms with Crippen molar-refractivity contribution in [2.24, 2.45) is 5.92 Å². The van der Waals surface area contributed by atoms with Gasteiger partial charge in [-0.15, -0.1) is 0 Å². The lowest BCUT2D eigenvalue weighted by molar-refractivity contribution is -0.145. The lowest BCUT2D eigenvalue weighted by Crippen LogP contribution is -2.45. The summed E-state index contributed by atoms with van der Waals surface area (Å²) in [6.45, 7) is 1.34. The summed E-state index contributed by atoms with van der Waals surface area (Å²) in [5.74, 6) is -0.375. The van der Waals surface area contributed by atoms with Gasteiger partial charge in [0.25, 0.3) is 0 Å². The van der Waals surface area contributed by atoms with Crippen molar-refractivity contribution in [2.75, 3.05) is 19.7 Å². The average Bonchev–Trinajstić information content (AvgIpc) is 2.45. The van der Waals surface area contributed by atoms with E-state index < -0.39 is 5.97 Å². The lowest BCUT2D eigenvalue weighted by atomic mass is 9.89. The van der Waals surface area contributed by atoms with Crippen molar-refractivity contribution < 1.29 is 19.4 Å². The first-order chi connectivity index (χ1) is 9.65. The third-order valence-electron chi connectivity index (χ3n) is 4.01.